The van der Waals surface area contributed by atoms with Gasteiger partial charge in [0.25, 0.3) is 5.91 Å². The molecule has 2 N–H and O–H groups in total. The number of para-hydroxylation sites is 1. The van der Waals surface area contributed by atoms with Gasteiger partial charge in [-0.3, -0.25) is 4.79 Å². The molecule has 1 amide bonds. The van der Waals surface area contributed by atoms with Crippen LogP contribution in [-0.4, -0.2) is 16.0 Å². The minimum absolute atomic E-state index is 0.0995. The van der Waals surface area contributed by atoms with Crippen LogP contribution in [0, 0.1) is 6.92 Å². The highest BCUT2D eigenvalue weighted by molar-refractivity contribution is 5.97. The number of carbonyl (C=O) groups is 1. The van der Waals surface area contributed by atoms with Crippen molar-refractivity contribution in [3.8, 4) is 5.88 Å². The van der Waals surface area contributed by atoms with E-state index in [4.69, 9.17) is 0 Å². The van der Waals surface area contributed by atoms with Crippen molar-refractivity contribution >= 4 is 22.5 Å². The molecular weight excluding hydrogens is 266 g/mol. The third kappa shape index (κ3) is 2.41. The van der Waals surface area contributed by atoms with Crippen LogP contribution in [0.25, 0.3) is 10.9 Å². The lowest BCUT2D eigenvalue weighted by Crippen LogP contribution is -1.96. The van der Waals surface area contributed by atoms with Gasteiger partial charge in [0.2, 0.25) is 5.88 Å². The van der Waals surface area contributed by atoms with Crippen LogP contribution in [0.15, 0.2) is 58.8 Å². The van der Waals surface area contributed by atoms with Crippen molar-refractivity contribution in [3.05, 3.63) is 59.7 Å². The molecule has 0 aliphatic rings. The fraction of sp³-hybridized carbons (Fsp3) is 0.0625. The van der Waals surface area contributed by atoms with Crippen molar-refractivity contribution in [1.29, 1.82) is 0 Å². The maximum absolute atomic E-state index is 12.1. The van der Waals surface area contributed by atoms with Gasteiger partial charge >= 0.3 is 0 Å². The average molecular weight is 279 g/mol. The molecule has 21 heavy (non-hydrogen) atoms. The summed E-state index contributed by atoms with van der Waals surface area (Å²) in [7, 11) is 0. The highest BCUT2D eigenvalue weighted by atomic mass is 16.3. The summed E-state index contributed by atoms with van der Waals surface area (Å²) in [6.07, 6.45) is 0. The number of aromatic amines is 1. The second kappa shape index (κ2) is 5.20. The Kier molecular flexibility index (Phi) is 3.23. The van der Waals surface area contributed by atoms with Crippen LogP contribution in [-0.2, 0) is 0 Å². The number of nitrogens with one attached hydrogen (secondary N) is 1. The van der Waals surface area contributed by atoms with E-state index in [0.29, 0.717) is 5.56 Å². The number of amides is 1. The smallest absolute Gasteiger partial charge is 0.295 e. The molecule has 1 aromatic heterocycles. The summed E-state index contributed by atoms with van der Waals surface area (Å²) in [4.78, 5) is 14.8. The molecule has 0 radical (unpaired) electrons. The van der Waals surface area contributed by atoms with Crippen molar-refractivity contribution < 1.29 is 9.90 Å². The predicted octanol–water partition coefficient (Wildman–Crippen LogP) is 4.11. The van der Waals surface area contributed by atoms with Crippen LogP contribution < -0.4 is 0 Å². The van der Waals surface area contributed by atoms with Crippen LogP contribution in [0.2, 0.25) is 0 Å². The van der Waals surface area contributed by atoms with E-state index < -0.39 is 5.91 Å². The summed E-state index contributed by atoms with van der Waals surface area (Å²) >= 11 is 0. The van der Waals surface area contributed by atoms with Crippen LogP contribution in [0.3, 0.4) is 0 Å². The minimum Gasteiger partial charge on any atom is -0.493 e. The molecule has 0 fully saturated rings. The quantitative estimate of drug-likeness (QED) is 0.692. The number of benzene rings is 2. The number of hydrogen-bond donors (Lipinski definition) is 2. The van der Waals surface area contributed by atoms with Gasteiger partial charge < -0.3 is 10.1 Å². The zero-order valence-corrected chi connectivity index (χ0v) is 11.4. The third-order valence-corrected chi connectivity index (χ3v) is 3.28. The van der Waals surface area contributed by atoms with Crippen molar-refractivity contribution in [2.75, 3.05) is 0 Å². The molecule has 5 heteroatoms. The lowest BCUT2D eigenvalue weighted by Gasteiger charge is -1.98. The van der Waals surface area contributed by atoms with Gasteiger partial charge in [-0.05, 0) is 24.6 Å². The Morgan fingerprint density at radius 1 is 1.10 bits per heavy atom. The molecule has 0 unspecified atom stereocenters. The van der Waals surface area contributed by atoms with Crippen LogP contribution >= 0.6 is 0 Å². The normalized spacial score (nSPS) is 11.3. The number of aromatic hydroxyl groups is 1. The molecule has 2 aromatic carbocycles. The molecule has 0 saturated heterocycles. The Morgan fingerprint density at radius 2 is 1.81 bits per heavy atom. The van der Waals surface area contributed by atoms with Gasteiger partial charge in [-0.25, -0.2) is 0 Å². The van der Waals surface area contributed by atoms with E-state index in [1.54, 1.807) is 18.2 Å². The SMILES string of the molecule is Cc1ccccc1C(=O)N=Nc1c(O)[nH]c2ccccc12. The first-order chi connectivity index (χ1) is 10.2. The first-order valence-corrected chi connectivity index (χ1v) is 6.48. The molecular formula is C16H13N3O2. The van der Waals surface area contributed by atoms with Gasteiger partial charge in [0, 0.05) is 10.9 Å². The number of aryl methyl sites for hydroxylation is 1. The standard InChI is InChI=1S/C16H13N3O2/c1-10-6-2-3-7-11(10)15(20)19-18-14-12-8-4-5-9-13(12)17-16(14)21/h2-9,17,21H,1H3. The number of rotatable bonds is 2. The van der Waals surface area contributed by atoms with E-state index >= 15 is 0 Å². The number of carbonyl (C=O) groups excluding carboxylic acids is 1. The van der Waals surface area contributed by atoms with E-state index in [0.717, 1.165) is 16.5 Å². The van der Waals surface area contributed by atoms with Gasteiger partial charge in [-0.1, -0.05) is 36.4 Å². The summed E-state index contributed by atoms with van der Waals surface area (Å²) in [5.74, 6) is -0.532. The Morgan fingerprint density at radius 3 is 2.62 bits per heavy atom. The molecule has 3 aromatic rings. The van der Waals surface area contributed by atoms with E-state index in [1.807, 2.05) is 37.3 Å². The number of azo groups is 1. The predicted molar refractivity (Wildman–Crippen MR) is 80.0 cm³/mol. The second-order valence-corrected chi connectivity index (χ2v) is 4.69. The van der Waals surface area contributed by atoms with Crippen LogP contribution in [0.4, 0.5) is 5.69 Å². The number of nitrogens with zero attached hydrogens (tertiary/aromatic N) is 2. The van der Waals surface area contributed by atoms with Crippen molar-refractivity contribution in [3.63, 3.8) is 0 Å². The van der Waals surface area contributed by atoms with Gasteiger partial charge in [0.15, 0.2) is 5.69 Å². The van der Waals surface area contributed by atoms with E-state index in [2.05, 4.69) is 15.2 Å². The van der Waals surface area contributed by atoms with Crippen molar-refractivity contribution in [2.24, 2.45) is 10.2 Å². The number of fused-ring (bicyclic) bond motifs is 1. The first kappa shape index (κ1) is 13.1. The summed E-state index contributed by atoms with van der Waals surface area (Å²) in [5.41, 5.74) is 2.35. The maximum Gasteiger partial charge on any atom is 0.295 e. The van der Waals surface area contributed by atoms with Crippen molar-refractivity contribution in [1.82, 2.24) is 4.98 Å². The van der Waals surface area contributed by atoms with Gasteiger partial charge in [0.05, 0.1) is 5.52 Å². The minimum atomic E-state index is -0.433. The summed E-state index contributed by atoms with van der Waals surface area (Å²) < 4.78 is 0. The topological polar surface area (TPSA) is 77.8 Å². The molecule has 0 aliphatic heterocycles. The lowest BCUT2D eigenvalue weighted by atomic mass is 10.1. The monoisotopic (exact) mass is 279 g/mol. The number of hydrogen-bond acceptors (Lipinski definition) is 3. The molecule has 0 saturated carbocycles. The fourth-order valence-electron chi connectivity index (χ4n) is 2.18. The number of H-pyrrole nitrogens is 1. The second-order valence-electron chi connectivity index (χ2n) is 4.69. The van der Waals surface area contributed by atoms with Crippen LogP contribution in [0.1, 0.15) is 15.9 Å². The molecule has 0 aliphatic carbocycles. The molecule has 0 atom stereocenters. The molecule has 3 rings (SSSR count). The molecule has 5 nitrogen and oxygen atoms in total. The molecule has 104 valence electrons. The van der Waals surface area contributed by atoms with Gasteiger partial charge in [-0.15, -0.1) is 10.2 Å². The molecule has 0 spiro atoms. The Bertz CT molecular complexity index is 850. The first-order valence-electron chi connectivity index (χ1n) is 6.48. The summed E-state index contributed by atoms with van der Waals surface area (Å²) in [6.45, 7) is 1.84. The Balaban J connectivity index is 1.97. The highest BCUT2D eigenvalue weighted by Gasteiger charge is 2.11. The van der Waals surface area contributed by atoms with E-state index in [-0.39, 0.29) is 11.6 Å². The maximum atomic E-state index is 12.1. The highest BCUT2D eigenvalue weighted by Crippen LogP contribution is 2.35. The summed E-state index contributed by atoms with van der Waals surface area (Å²) in [5, 5.41) is 18.2. The Hall–Kier alpha value is -2.95. The zero-order valence-electron chi connectivity index (χ0n) is 11.4. The fourth-order valence-corrected chi connectivity index (χ4v) is 2.18. The van der Waals surface area contributed by atoms with E-state index in [1.165, 1.54) is 0 Å². The zero-order chi connectivity index (χ0) is 14.8. The van der Waals surface area contributed by atoms with Gasteiger partial charge in [0.1, 0.15) is 0 Å². The van der Waals surface area contributed by atoms with Crippen molar-refractivity contribution in [2.45, 2.75) is 6.92 Å². The molecule has 0 bridgehead atoms. The largest absolute Gasteiger partial charge is 0.493 e. The van der Waals surface area contributed by atoms with E-state index in [9.17, 15) is 9.90 Å². The molecule has 1 heterocycles. The van der Waals surface area contributed by atoms with Gasteiger partial charge in [-0.2, -0.15) is 0 Å². The Labute approximate surface area is 121 Å². The third-order valence-electron chi connectivity index (χ3n) is 3.28. The lowest BCUT2D eigenvalue weighted by molar-refractivity contribution is 0.0994. The number of aromatic nitrogens is 1. The van der Waals surface area contributed by atoms with Crippen LogP contribution in [0.5, 0.6) is 5.88 Å². The summed E-state index contributed by atoms with van der Waals surface area (Å²) in [6, 6.07) is 14.5. The average Bonchev–Trinajstić information content (AvgIpc) is 2.81.